The van der Waals surface area contributed by atoms with Crippen molar-refractivity contribution in [1.29, 1.82) is 0 Å². The quantitative estimate of drug-likeness (QED) is 0.393. The maximum atomic E-state index is 10.8. The highest BCUT2D eigenvalue weighted by Gasteiger charge is 2.21. The summed E-state index contributed by atoms with van der Waals surface area (Å²) in [6, 6.07) is 0. The van der Waals surface area contributed by atoms with Gasteiger partial charge in [-0.2, -0.15) is 0 Å². The van der Waals surface area contributed by atoms with Crippen molar-refractivity contribution in [1.82, 2.24) is 4.90 Å². The Balaban J connectivity index is 4.26. The molecule has 16 heavy (non-hydrogen) atoms. The minimum atomic E-state index is -4.34. The fourth-order valence-electron chi connectivity index (χ4n) is 1.00. The minimum Gasteiger partial charge on any atom is -0.480 e. The number of nitrogens with zero attached hydrogens (tertiary/aromatic N) is 1. The van der Waals surface area contributed by atoms with Crippen molar-refractivity contribution in [2.45, 2.75) is 6.42 Å². The lowest BCUT2D eigenvalue weighted by atomic mass is 10.4. The SMILES string of the molecule is COC(=O)CCN(CC(=O)O)CP(=O)(O)O. The number of hydrogen-bond donors (Lipinski definition) is 3. The van der Waals surface area contributed by atoms with Crippen LogP contribution in [0.5, 0.6) is 0 Å². The molecule has 3 N–H and O–H groups in total. The molecule has 0 amide bonds. The first-order valence-corrected chi connectivity index (χ1v) is 6.10. The van der Waals surface area contributed by atoms with Crippen molar-refractivity contribution in [3.63, 3.8) is 0 Å². The molecule has 0 aromatic rings. The summed E-state index contributed by atoms with van der Waals surface area (Å²) in [4.78, 5) is 39.5. The van der Waals surface area contributed by atoms with Crippen LogP contribution in [-0.4, -0.2) is 58.2 Å². The van der Waals surface area contributed by atoms with Gasteiger partial charge < -0.3 is 19.6 Å². The summed E-state index contributed by atoms with van der Waals surface area (Å²) in [5.74, 6) is -1.79. The molecule has 0 saturated heterocycles. The lowest BCUT2D eigenvalue weighted by Gasteiger charge is -2.19. The summed E-state index contributed by atoms with van der Waals surface area (Å²) < 4.78 is 15.0. The number of methoxy groups -OCH3 is 1. The number of rotatable bonds is 7. The molecule has 8 nitrogen and oxygen atoms in total. The number of hydrogen-bond acceptors (Lipinski definition) is 5. The fraction of sp³-hybridized carbons (Fsp3) is 0.714. The molecule has 0 unspecified atom stereocenters. The van der Waals surface area contributed by atoms with E-state index in [4.69, 9.17) is 14.9 Å². The fourth-order valence-corrected chi connectivity index (χ4v) is 1.77. The van der Waals surface area contributed by atoms with Crippen molar-refractivity contribution >= 4 is 19.5 Å². The van der Waals surface area contributed by atoms with E-state index in [2.05, 4.69) is 4.74 Å². The van der Waals surface area contributed by atoms with Crippen LogP contribution < -0.4 is 0 Å². The molecule has 0 atom stereocenters. The van der Waals surface area contributed by atoms with Gasteiger partial charge in [-0.05, 0) is 0 Å². The standard InChI is InChI=1S/C7H14NO7P/c1-15-7(11)2-3-8(4-6(9)10)5-16(12,13)14/h2-5H2,1H3,(H,9,10)(H2,12,13,14). The first kappa shape index (κ1) is 15.0. The Hall–Kier alpha value is -0.950. The zero-order valence-corrected chi connectivity index (χ0v) is 9.59. The van der Waals surface area contributed by atoms with Crippen molar-refractivity contribution in [3.8, 4) is 0 Å². The van der Waals surface area contributed by atoms with E-state index in [0.29, 0.717) is 0 Å². The van der Waals surface area contributed by atoms with Gasteiger partial charge in [-0.25, -0.2) is 0 Å². The van der Waals surface area contributed by atoms with Gasteiger partial charge in [-0.15, -0.1) is 0 Å². The number of aliphatic carboxylic acids is 1. The van der Waals surface area contributed by atoms with E-state index >= 15 is 0 Å². The molecule has 0 saturated carbocycles. The Morgan fingerprint density at radius 1 is 1.38 bits per heavy atom. The van der Waals surface area contributed by atoms with Gasteiger partial charge in [0.05, 0.1) is 20.1 Å². The van der Waals surface area contributed by atoms with E-state index in [9.17, 15) is 14.2 Å². The third-order valence-electron chi connectivity index (χ3n) is 1.60. The second-order valence-corrected chi connectivity index (χ2v) is 4.69. The Morgan fingerprint density at radius 3 is 2.31 bits per heavy atom. The van der Waals surface area contributed by atoms with Crippen molar-refractivity contribution < 1.29 is 33.8 Å². The van der Waals surface area contributed by atoms with Crippen LogP contribution in [0.15, 0.2) is 0 Å². The molecule has 0 aliphatic heterocycles. The zero-order valence-electron chi connectivity index (χ0n) is 8.70. The molecule has 0 aromatic carbocycles. The van der Waals surface area contributed by atoms with E-state index in [1.54, 1.807) is 0 Å². The van der Waals surface area contributed by atoms with Crippen molar-refractivity contribution in [2.24, 2.45) is 0 Å². The van der Waals surface area contributed by atoms with E-state index in [1.165, 1.54) is 7.11 Å². The van der Waals surface area contributed by atoms with Crippen LogP contribution in [0.4, 0.5) is 0 Å². The number of ether oxygens (including phenoxy) is 1. The molecule has 0 spiro atoms. The predicted octanol–water partition coefficient (Wildman–Crippen LogP) is -0.929. The third-order valence-corrected chi connectivity index (χ3v) is 2.37. The maximum absolute atomic E-state index is 10.8. The van der Waals surface area contributed by atoms with Gasteiger partial charge in [-0.1, -0.05) is 0 Å². The van der Waals surface area contributed by atoms with Crippen molar-refractivity contribution in [3.05, 3.63) is 0 Å². The summed E-state index contributed by atoms with van der Waals surface area (Å²) >= 11 is 0. The number of esters is 1. The van der Waals surface area contributed by atoms with Crippen LogP contribution in [0.2, 0.25) is 0 Å². The van der Waals surface area contributed by atoms with Crippen LogP contribution in [-0.2, 0) is 18.9 Å². The summed E-state index contributed by atoms with van der Waals surface area (Å²) in [5.41, 5.74) is 0. The van der Waals surface area contributed by atoms with Gasteiger partial charge in [0, 0.05) is 6.54 Å². The van der Waals surface area contributed by atoms with Crippen molar-refractivity contribution in [2.75, 3.05) is 26.5 Å². The van der Waals surface area contributed by atoms with Crippen LogP contribution in [0.1, 0.15) is 6.42 Å². The number of carbonyl (C=O) groups excluding carboxylic acids is 1. The highest BCUT2D eigenvalue weighted by Crippen LogP contribution is 2.34. The smallest absolute Gasteiger partial charge is 0.339 e. The average Bonchev–Trinajstić information content (AvgIpc) is 2.10. The third kappa shape index (κ3) is 8.37. The first-order valence-electron chi connectivity index (χ1n) is 4.30. The van der Waals surface area contributed by atoms with Crippen LogP contribution in [0.25, 0.3) is 0 Å². The highest BCUT2D eigenvalue weighted by molar-refractivity contribution is 7.51. The number of carboxylic acid groups (broad SMARTS) is 1. The molecule has 0 fully saturated rings. The van der Waals surface area contributed by atoms with Gasteiger partial charge in [0.25, 0.3) is 0 Å². The minimum absolute atomic E-state index is 0.0793. The summed E-state index contributed by atoms with van der Waals surface area (Å²) in [6.07, 6.45) is -0.819. The molecule has 0 aliphatic carbocycles. The zero-order chi connectivity index (χ0) is 12.8. The highest BCUT2D eigenvalue weighted by atomic mass is 31.2. The summed E-state index contributed by atoms with van der Waals surface area (Å²) in [7, 11) is -3.16. The second kappa shape index (κ2) is 6.59. The number of carboxylic acids is 1. The average molecular weight is 255 g/mol. The summed E-state index contributed by atoms with van der Waals surface area (Å²) in [5, 5.41) is 8.49. The molecule has 0 bridgehead atoms. The van der Waals surface area contributed by atoms with E-state index in [1.807, 2.05) is 0 Å². The monoisotopic (exact) mass is 255 g/mol. The molecule has 0 heterocycles. The van der Waals surface area contributed by atoms with Gasteiger partial charge in [0.15, 0.2) is 0 Å². The number of carbonyl (C=O) groups is 2. The molecule has 0 rings (SSSR count). The first-order chi connectivity index (χ1) is 7.24. The topological polar surface area (TPSA) is 124 Å². The Kier molecular flexibility index (Phi) is 6.20. The molecule has 9 heteroatoms. The molecule has 94 valence electrons. The van der Waals surface area contributed by atoms with Crippen LogP contribution in [0.3, 0.4) is 0 Å². The van der Waals surface area contributed by atoms with Gasteiger partial charge in [0.1, 0.15) is 6.29 Å². The second-order valence-electron chi connectivity index (χ2n) is 3.08. The van der Waals surface area contributed by atoms with Gasteiger partial charge in [0.2, 0.25) is 0 Å². The lowest BCUT2D eigenvalue weighted by Crippen LogP contribution is -2.32. The Labute approximate surface area is 92.0 Å². The molecular weight excluding hydrogens is 241 g/mol. The van der Waals surface area contributed by atoms with Gasteiger partial charge >= 0.3 is 19.5 Å². The van der Waals surface area contributed by atoms with Gasteiger partial charge in [-0.3, -0.25) is 19.1 Å². The van der Waals surface area contributed by atoms with Crippen LogP contribution >= 0.6 is 7.60 Å². The predicted molar refractivity (Wildman–Crippen MR) is 52.8 cm³/mol. The van der Waals surface area contributed by atoms with E-state index in [-0.39, 0.29) is 13.0 Å². The van der Waals surface area contributed by atoms with E-state index in [0.717, 1.165) is 4.90 Å². The molecule has 0 aromatic heterocycles. The largest absolute Gasteiger partial charge is 0.480 e. The lowest BCUT2D eigenvalue weighted by molar-refractivity contribution is -0.142. The molecule has 0 radical (unpaired) electrons. The maximum Gasteiger partial charge on any atom is 0.339 e. The Bertz CT molecular complexity index is 299. The Morgan fingerprint density at radius 2 is 1.94 bits per heavy atom. The summed E-state index contributed by atoms with van der Waals surface area (Å²) in [6.45, 7) is -0.619. The normalized spacial score (nSPS) is 11.5. The molecule has 0 aliphatic rings. The molecular formula is C7H14NO7P. The van der Waals surface area contributed by atoms with E-state index < -0.39 is 32.4 Å². The van der Waals surface area contributed by atoms with Crippen LogP contribution in [0, 0.1) is 0 Å².